The summed E-state index contributed by atoms with van der Waals surface area (Å²) in [7, 11) is 0. The molecule has 0 aliphatic rings. The van der Waals surface area contributed by atoms with Crippen molar-refractivity contribution in [3.05, 3.63) is 182 Å². The van der Waals surface area contributed by atoms with Crippen LogP contribution in [0.15, 0.2) is 182 Å². The van der Waals surface area contributed by atoms with Gasteiger partial charge in [0.15, 0.2) is 0 Å². The van der Waals surface area contributed by atoms with Crippen LogP contribution < -0.4 is 0 Å². The van der Waals surface area contributed by atoms with Crippen LogP contribution in [0.4, 0.5) is 0 Å². The summed E-state index contributed by atoms with van der Waals surface area (Å²) >= 11 is 0.209. The predicted octanol–water partition coefficient (Wildman–Crippen LogP) is 12.6. The molecular weight excluding hydrogens is 684 g/mol. The molecule has 0 spiro atoms. The van der Waals surface area contributed by atoms with E-state index in [4.69, 9.17) is 0 Å². The third kappa shape index (κ3) is 4.29. The summed E-state index contributed by atoms with van der Waals surface area (Å²) in [6.45, 7) is 0. The van der Waals surface area contributed by atoms with Gasteiger partial charge < -0.3 is 0 Å². The van der Waals surface area contributed by atoms with Gasteiger partial charge in [-0.3, -0.25) is 0 Å². The van der Waals surface area contributed by atoms with Crippen molar-refractivity contribution in [1.82, 2.24) is 9.13 Å². The van der Waals surface area contributed by atoms with Crippen molar-refractivity contribution in [2.24, 2.45) is 0 Å². The van der Waals surface area contributed by atoms with E-state index in [1.807, 2.05) is 0 Å². The van der Waals surface area contributed by atoms with Gasteiger partial charge in [-0.05, 0) is 0 Å². The second-order valence-electron chi connectivity index (χ2n) is 13.3. The predicted molar refractivity (Wildman–Crippen MR) is 218 cm³/mol. The molecule has 0 saturated carbocycles. The number of fused-ring (bicyclic) bond motifs is 9. The summed E-state index contributed by atoms with van der Waals surface area (Å²) in [5.74, 6) is 0. The molecule has 11 aromatic rings. The first-order chi connectivity index (χ1) is 25.3. The van der Waals surface area contributed by atoms with Crippen LogP contribution >= 0.6 is 0 Å². The molecule has 0 fully saturated rings. The molecule has 0 unspecified atom stereocenters. The average molecular weight is 714 g/mol. The minimum atomic E-state index is 0.209. The Balaban J connectivity index is 1.21. The van der Waals surface area contributed by atoms with Gasteiger partial charge in [0.1, 0.15) is 0 Å². The monoisotopic (exact) mass is 714 g/mol. The molecule has 0 bridgehead atoms. The van der Waals surface area contributed by atoms with E-state index in [0.717, 1.165) is 0 Å². The number of nitrogens with zero attached hydrogens (tertiary/aromatic N) is 2. The van der Waals surface area contributed by atoms with Crippen molar-refractivity contribution < 1.29 is 0 Å². The van der Waals surface area contributed by atoms with Gasteiger partial charge in [-0.2, -0.15) is 0 Å². The van der Waals surface area contributed by atoms with Gasteiger partial charge in [-0.25, -0.2) is 0 Å². The zero-order valence-corrected chi connectivity index (χ0v) is 29.3. The van der Waals surface area contributed by atoms with E-state index in [1.165, 1.54) is 96.5 Å². The maximum atomic E-state index is 2.53. The fourth-order valence-electron chi connectivity index (χ4n) is 8.33. The van der Waals surface area contributed by atoms with Crippen molar-refractivity contribution >= 4 is 77.4 Å². The first-order valence-electron chi connectivity index (χ1n) is 17.4. The van der Waals surface area contributed by atoms with E-state index in [-0.39, 0.29) is 14.5 Å². The number of hydrogen-bond donors (Lipinski definition) is 0. The van der Waals surface area contributed by atoms with E-state index < -0.39 is 0 Å². The molecular formula is C48H30N2Se. The molecule has 0 atom stereocenters. The molecule has 0 aliphatic heterocycles. The number of hydrogen-bond acceptors (Lipinski definition) is 0. The van der Waals surface area contributed by atoms with Crippen molar-refractivity contribution in [3.63, 3.8) is 0 Å². The molecule has 11 rings (SSSR count). The Hall–Kier alpha value is -6.12. The zero-order valence-electron chi connectivity index (χ0n) is 27.6. The van der Waals surface area contributed by atoms with Crippen LogP contribution in [0, 0.1) is 0 Å². The van der Waals surface area contributed by atoms with Crippen LogP contribution in [0.5, 0.6) is 0 Å². The summed E-state index contributed by atoms with van der Waals surface area (Å²) in [6.07, 6.45) is 0. The summed E-state index contributed by atoms with van der Waals surface area (Å²) < 4.78 is 7.84. The van der Waals surface area contributed by atoms with Gasteiger partial charge in [-0.15, -0.1) is 0 Å². The third-order valence-electron chi connectivity index (χ3n) is 10.5. The fraction of sp³-hybridized carbons (Fsp3) is 0. The molecule has 0 saturated heterocycles. The van der Waals surface area contributed by atoms with E-state index in [1.54, 1.807) is 0 Å². The van der Waals surface area contributed by atoms with Gasteiger partial charge in [-0.1, -0.05) is 0 Å². The van der Waals surface area contributed by atoms with Gasteiger partial charge >= 0.3 is 302 Å². The van der Waals surface area contributed by atoms with E-state index >= 15 is 0 Å². The van der Waals surface area contributed by atoms with Crippen LogP contribution in [0.2, 0.25) is 0 Å². The molecule has 0 radical (unpaired) electrons. The molecule has 51 heavy (non-hydrogen) atoms. The normalized spacial score (nSPS) is 11.9. The van der Waals surface area contributed by atoms with Crippen LogP contribution in [-0.2, 0) is 0 Å². The number of para-hydroxylation sites is 3. The van der Waals surface area contributed by atoms with Gasteiger partial charge in [0, 0.05) is 0 Å². The first kappa shape index (κ1) is 28.7. The Kier molecular flexibility index (Phi) is 6.30. The van der Waals surface area contributed by atoms with Crippen LogP contribution in [0.3, 0.4) is 0 Å². The number of aromatic nitrogens is 2. The van der Waals surface area contributed by atoms with Crippen LogP contribution in [0.1, 0.15) is 0 Å². The SMILES string of the molecule is c1ccc(-c2cccc(-c3cccc4[se]c5cccc(-n6c7ccccc7c7ccc(-n8c9ccccc9c9ccccc98)cc76)c5c34)c2)cc1. The number of benzene rings is 8. The molecule has 3 heterocycles. The minimum absolute atomic E-state index is 0.209. The zero-order chi connectivity index (χ0) is 33.5. The second kappa shape index (κ2) is 11.2. The topological polar surface area (TPSA) is 9.86 Å². The quantitative estimate of drug-likeness (QED) is 0.161. The molecule has 0 amide bonds. The van der Waals surface area contributed by atoms with Crippen molar-refractivity contribution in [3.8, 4) is 33.6 Å². The molecule has 2 nitrogen and oxygen atoms in total. The van der Waals surface area contributed by atoms with E-state index in [9.17, 15) is 0 Å². The van der Waals surface area contributed by atoms with Crippen molar-refractivity contribution in [1.29, 1.82) is 0 Å². The maximum absolute atomic E-state index is 2.53. The van der Waals surface area contributed by atoms with Crippen LogP contribution in [-0.4, -0.2) is 23.6 Å². The molecule has 238 valence electrons. The van der Waals surface area contributed by atoms with Gasteiger partial charge in [0.05, 0.1) is 0 Å². The average Bonchev–Trinajstić information content (AvgIpc) is 3.86. The third-order valence-corrected chi connectivity index (χ3v) is 12.9. The Morgan fingerprint density at radius 3 is 1.61 bits per heavy atom. The molecule has 0 N–H and O–H groups in total. The Morgan fingerprint density at radius 1 is 0.333 bits per heavy atom. The first-order valence-corrected chi connectivity index (χ1v) is 19.2. The van der Waals surface area contributed by atoms with Gasteiger partial charge in [0.2, 0.25) is 0 Å². The summed E-state index contributed by atoms with van der Waals surface area (Å²) in [4.78, 5) is 0. The fourth-order valence-corrected chi connectivity index (χ4v) is 10.7. The van der Waals surface area contributed by atoms with Crippen molar-refractivity contribution in [2.75, 3.05) is 0 Å². The molecule has 3 aromatic heterocycles. The Bertz CT molecular complexity index is 3090. The van der Waals surface area contributed by atoms with E-state index in [0.29, 0.717) is 0 Å². The summed E-state index contributed by atoms with van der Waals surface area (Å²) in [6, 6.07) is 67.1. The Morgan fingerprint density at radius 2 is 0.882 bits per heavy atom. The molecule has 0 aliphatic carbocycles. The summed E-state index contributed by atoms with van der Waals surface area (Å²) in [5.41, 5.74) is 12.3. The van der Waals surface area contributed by atoms with Crippen LogP contribution in [0.25, 0.3) is 96.5 Å². The standard InChI is InChI=1S/C48H30N2Se/c1-2-13-31(14-3-1)32-15-10-16-33(29-32)35-20-11-25-45-47(35)48-43(24-12-26-46(48)51-45)50-42-23-9-6-19-38(42)39-28-27-34(30-44(39)50)49-40-21-7-4-17-36(40)37-18-5-8-22-41(37)49/h1-30H. The Labute approximate surface area is 300 Å². The summed E-state index contributed by atoms with van der Waals surface area (Å²) in [5, 5.41) is 7.82. The number of rotatable bonds is 4. The molecule has 3 heteroatoms. The molecule has 8 aromatic carbocycles. The van der Waals surface area contributed by atoms with Gasteiger partial charge in [0.25, 0.3) is 0 Å². The van der Waals surface area contributed by atoms with Crippen molar-refractivity contribution in [2.45, 2.75) is 0 Å². The second-order valence-corrected chi connectivity index (χ2v) is 15.6. The van der Waals surface area contributed by atoms with E-state index in [2.05, 4.69) is 191 Å².